The fourth-order valence-electron chi connectivity index (χ4n) is 2.33. The molecule has 122 valence electrons. The molecule has 2 aromatic carbocycles. The molecule has 0 fully saturated rings. The van der Waals surface area contributed by atoms with Crippen LogP contribution in [0.25, 0.3) is 0 Å². The van der Waals surface area contributed by atoms with Crippen molar-refractivity contribution in [1.82, 2.24) is 4.72 Å². The predicted octanol–water partition coefficient (Wildman–Crippen LogP) is 2.85. The molecule has 0 aliphatic carbocycles. The van der Waals surface area contributed by atoms with E-state index in [9.17, 15) is 13.2 Å². The molecule has 0 aliphatic rings. The number of benzene rings is 2. The number of anilines is 1. The smallest absolute Gasteiger partial charge is 0.255 e. The van der Waals surface area contributed by atoms with E-state index in [0.29, 0.717) is 17.8 Å². The summed E-state index contributed by atoms with van der Waals surface area (Å²) in [5, 5.41) is 2.80. The minimum absolute atomic E-state index is 0.0763. The molecule has 2 N–H and O–H groups in total. The van der Waals surface area contributed by atoms with Gasteiger partial charge in [-0.3, -0.25) is 4.79 Å². The fraction of sp³-hybridized carbons (Fsp3) is 0.235. The number of aryl methyl sites for hydroxylation is 2. The largest absolute Gasteiger partial charge is 0.322 e. The van der Waals surface area contributed by atoms with Crippen LogP contribution in [0.3, 0.4) is 0 Å². The van der Waals surface area contributed by atoms with Gasteiger partial charge in [-0.25, -0.2) is 13.1 Å². The van der Waals surface area contributed by atoms with Gasteiger partial charge in [0.05, 0.1) is 4.90 Å². The van der Waals surface area contributed by atoms with Gasteiger partial charge >= 0.3 is 0 Å². The van der Waals surface area contributed by atoms with Gasteiger partial charge in [0.1, 0.15) is 0 Å². The van der Waals surface area contributed by atoms with Crippen LogP contribution in [0, 0.1) is 13.8 Å². The molecule has 0 unspecified atom stereocenters. The molecule has 5 nitrogen and oxygen atoms in total. The summed E-state index contributed by atoms with van der Waals surface area (Å²) < 4.78 is 26.4. The van der Waals surface area contributed by atoms with Gasteiger partial charge in [-0.15, -0.1) is 0 Å². The Morgan fingerprint density at radius 1 is 1.04 bits per heavy atom. The van der Waals surface area contributed by atoms with E-state index in [1.807, 2.05) is 32.0 Å². The van der Waals surface area contributed by atoms with E-state index in [2.05, 4.69) is 10.0 Å². The van der Waals surface area contributed by atoms with Crippen LogP contribution >= 0.6 is 0 Å². The second-order valence-electron chi connectivity index (χ2n) is 5.36. The van der Waals surface area contributed by atoms with Crippen LogP contribution in [0.2, 0.25) is 0 Å². The molecule has 0 bridgehead atoms. The molecule has 23 heavy (non-hydrogen) atoms. The molecule has 0 heterocycles. The Morgan fingerprint density at radius 3 is 2.30 bits per heavy atom. The molecule has 2 aromatic rings. The lowest BCUT2D eigenvalue weighted by Gasteiger charge is -2.09. The van der Waals surface area contributed by atoms with Crippen LogP contribution in [0.4, 0.5) is 5.69 Å². The lowest BCUT2D eigenvalue weighted by atomic mass is 10.1. The van der Waals surface area contributed by atoms with Gasteiger partial charge in [0.15, 0.2) is 0 Å². The molecule has 0 saturated heterocycles. The van der Waals surface area contributed by atoms with Gasteiger partial charge in [0.2, 0.25) is 10.0 Å². The van der Waals surface area contributed by atoms with Crippen molar-refractivity contribution in [2.45, 2.75) is 25.7 Å². The van der Waals surface area contributed by atoms with Gasteiger partial charge in [-0.2, -0.15) is 0 Å². The Hall–Kier alpha value is -2.18. The third kappa shape index (κ3) is 4.40. The van der Waals surface area contributed by atoms with Crippen molar-refractivity contribution in [1.29, 1.82) is 0 Å². The summed E-state index contributed by atoms with van der Waals surface area (Å²) in [5.41, 5.74) is 3.07. The SMILES string of the molecule is CCNS(=O)(=O)c1cccc(C(=O)Nc2cc(C)cc(C)c2)c1. The molecule has 0 spiro atoms. The number of nitrogens with one attached hydrogen (secondary N) is 2. The van der Waals surface area contributed by atoms with Crippen LogP contribution in [0.1, 0.15) is 28.4 Å². The molecular formula is C17H20N2O3S. The van der Waals surface area contributed by atoms with Crippen LogP contribution in [-0.2, 0) is 10.0 Å². The standard InChI is InChI=1S/C17H20N2O3S/c1-4-18-23(21,22)16-7-5-6-14(11-16)17(20)19-15-9-12(2)8-13(3)10-15/h5-11,18H,4H2,1-3H3,(H,19,20). The average Bonchev–Trinajstić information content (AvgIpc) is 2.46. The lowest BCUT2D eigenvalue weighted by molar-refractivity contribution is 0.102. The molecule has 0 atom stereocenters. The van der Waals surface area contributed by atoms with Gasteiger partial charge in [0.25, 0.3) is 5.91 Å². The van der Waals surface area contributed by atoms with E-state index in [0.717, 1.165) is 11.1 Å². The highest BCUT2D eigenvalue weighted by Gasteiger charge is 2.15. The number of amides is 1. The average molecular weight is 332 g/mol. The van der Waals surface area contributed by atoms with Gasteiger partial charge < -0.3 is 5.32 Å². The zero-order chi connectivity index (χ0) is 17.0. The minimum atomic E-state index is -3.58. The predicted molar refractivity (Wildman–Crippen MR) is 91.2 cm³/mol. The van der Waals surface area contributed by atoms with Crippen molar-refractivity contribution in [3.8, 4) is 0 Å². The van der Waals surface area contributed by atoms with E-state index >= 15 is 0 Å². The number of carbonyl (C=O) groups is 1. The summed E-state index contributed by atoms with van der Waals surface area (Å²) in [6, 6.07) is 11.7. The molecule has 0 aliphatic heterocycles. The Bertz CT molecular complexity index is 809. The number of rotatable bonds is 5. The first kappa shape index (κ1) is 17.2. The van der Waals surface area contributed by atoms with Gasteiger partial charge in [-0.1, -0.05) is 19.1 Å². The Kier molecular flexibility index (Phi) is 5.18. The fourth-order valence-corrected chi connectivity index (χ4v) is 3.41. The molecule has 1 amide bonds. The number of hydrogen-bond donors (Lipinski definition) is 2. The molecule has 0 radical (unpaired) electrons. The first-order valence-corrected chi connectivity index (χ1v) is 8.79. The summed E-state index contributed by atoms with van der Waals surface area (Å²) >= 11 is 0. The number of sulfonamides is 1. The normalized spacial score (nSPS) is 11.3. The summed E-state index contributed by atoms with van der Waals surface area (Å²) in [6.45, 7) is 5.90. The maximum Gasteiger partial charge on any atom is 0.255 e. The molecule has 6 heteroatoms. The summed E-state index contributed by atoms with van der Waals surface area (Å²) in [7, 11) is -3.58. The van der Waals surface area contributed by atoms with E-state index in [4.69, 9.17) is 0 Å². The first-order valence-electron chi connectivity index (χ1n) is 7.31. The molecular weight excluding hydrogens is 312 g/mol. The Labute approximate surface area is 136 Å². The van der Waals surface area contributed by atoms with Crippen LogP contribution in [-0.4, -0.2) is 20.9 Å². The van der Waals surface area contributed by atoms with Crippen molar-refractivity contribution in [2.24, 2.45) is 0 Å². The van der Waals surface area contributed by atoms with Crippen LogP contribution in [0.15, 0.2) is 47.4 Å². The van der Waals surface area contributed by atoms with E-state index in [1.165, 1.54) is 12.1 Å². The Balaban J connectivity index is 2.26. The monoisotopic (exact) mass is 332 g/mol. The summed E-state index contributed by atoms with van der Waals surface area (Å²) in [5.74, 6) is -0.344. The summed E-state index contributed by atoms with van der Waals surface area (Å²) in [6.07, 6.45) is 0. The highest BCUT2D eigenvalue weighted by molar-refractivity contribution is 7.89. The van der Waals surface area contributed by atoms with E-state index in [-0.39, 0.29) is 10.8 Å². The third-order valence-electron chi connectivity index (χ3n) is 3.22. The lowest BCUT2D eigenvalue weighted by Crippen LogP contribution is -2.23. The van der Waals surface area contributed by atoms with Crippen molar-refractivity contribution < 1.29 is 13.2 Å². The highest BCUT2D eigenvalue weighted by atomic mass is 32.2. The second-order valence-corrected chi connectivity index (χ2v) is 7.13. The highest BCUT2D eigenvalue weighted by Crippen LogP contribution is 2.16. The number of carbonyl (C=O) groups excluding carboxylic acids is 1. The maximum absolute atomic E-state index is 12.3. The summed E-state index contributed by atoms with van der Waals surface area (Å²) in [4.78, 5) is 12.4. The van der Waals surface area contributed by atoms with Crippen LogP contribution < -0.4 is 10.0 Å². The molecule has 0 aromatic heterocycles. The topological polar surface area (TPSA) is 75.3 Å². The molecule has 0 saturated carbocycles. The third-order valence-corrected chi connectivity index (χ3v) is 4.76. The zero-order valence-corrected chi connectivity index (χ0v) is 14.2. The molecule has 2 rings (SSSR count). The van der Waals surface area contributed by atoms with Crippen molar-refractivity contribution in [2.75, 3.05) is 11.9 Å². The minimum Gasteiger partial charge on any atom is -0.322 e. The second kappa shape index (κ2) is 6.93. The van der Waals surface area contributed by atoms with Crippen molar-refractivity contribution in [3.05, 3.63) is 59.2 Å². The maximum atomic E-state index is 12.3. The van der Waals surface area contributed by atoms with Crippen molar-refractivity contribution >= 4 is 21.6 Å². The number of hydrogen-bond acceptors (Lipinski definition) is 3. The van der Waals surface area contributed by atoms with E-state index < -0.39 is 10.0 Å². The van der Waals surface area contributed by atoms with Crippen molar-refractivity contribution in [3.63, 3.8) is 0 Å². The first-order chi connectivity index (χ1) is 10.8. The van der Waals surface area contributed by atoms with E-state index in [1.54, 1.807) is 19.1 Å². The Morgan fingerprint density at radius 2 is 1.70 bits per heavy atom. The van der Waals surface area contributed by atoms with Gasteiger partial charge in [-0.05, 0) is 55.3 Å². The zero-order valence-electron chi connectivity index (χ0n) is 13.4. The van der Waals surface area contributed by atoms with Crippen LogP contribution in [0.5, 0.6) is 0 Å². The quantitative estimate of drug-likeness (QED) is 0.884. The van der Waals surface area contributed by atoms with Gasteiger partial charge in [0, 0.05) is 17.8 Å².